The SMILES string of the molecule is N#Cc1nc(Cl)cc(Br)c1N. The molecule has 0 fully saturated rings. The summed E-state index contributed by atoms with van der Waals surface area (Å²) in [6.07, 6.45) is 0. The molecule has 11 heavy (non-hydrogen) atoms. The van der Waals surface area contributed by atoms with Gasteiger partial charge in [0.1, 0.15) is 11.2 Å². The van der Waals surface area contributed by atoms with Crippen LogP contribution in [0.3, 0.4) is 0 Å². The lowest BCUT2D eigenvalue weighted by atomic mass is 10.3. The van der Waals surface area contributed by atoms with Crippen molar-refractivity contribution in [1.82, 2.24) is 4.98 Å². The Balaban J connectivity index is 3.39. The van der Waals surface area contributed by atoms with Crippen molar-refractivity contribution in [3.63, 3.8) is 0 Å². The standard InChI is InChI=1S/C6H3BrClN3/c7-3-1-5(8)11-4(2-9)6(3)10/h1H,10H2. The molecule has 0 amide bonds. The Morgan fingerprint density at radius 2 is 2.36 bits per heavy atom. The Labute approximate surface area is 76.9 Å². The lowest BCUT2D eigenvalue weighted by Crippen LogP contribution is -1.95. The lowest BCUT2D eigenvalue weighted by molar-refractivity contribution is 1.26. The average molecular weight is 232 g/mol. The first-order chi connectivity index (χ1) is 5.15. The number of aromatic nitrogens is 1. The second-order valence-corrected chi connectivity index (χ2v) is 3.04. The van der Waals surface area contributed by atoms with Crippen molar-refractivity contribution in [2.45, 2.75) is 0 Å². The van der Waals surface area contributed by atoms with E-state index in [1.54, 1.807) is 0 Å². The van der Waals surface area contributed by atoms with E-state index in [0.717, 1.165) is 0 Å². The number of nitrogen functional groups attached to an aromatic ring is 1. The monoisotopic (exact) mass is 231 g/mol. The first-order valence-electron chi connectivity index (χ1n) is 2.66. The Morgan fingerprint density at radius 3 is 2.91 bits per heavy atom. The first-order valence-corrected chi connectivity index (χ1v) is 3.84. The minimum Gasteiger partial charge on any atom is -0.395 e. The van der Waals surface area contributed by atoms with Crippen LogP contribution in [0.1, 0.15) is 5.69 Å². The van der Waals surface area contributed by atoms with Gasteiger partial charge in [-0.15, -0.1) is 0 Å². The van der Waals surface area contributed by atoms with Gasteiger partial charge in [-0.25, -0.2) is 4.98 Å². The molecular formula is C6H3BrClN3. The van der Waals surface area contributed by atoms with Crippen LogP contribution >= 0.6 is 27.5 Å². The molecule has 0 bridgehead atoms. The maximum Gasteiger partial charge on any atom is 0.166 e. The van der Waals surface area contributed by atoms with Crippen molar-refractivity contribution in [3.05, 3.63) is 21.4 Å². The fourth-order valence-electron chi connectivity index (χ4n) is 0.580. The van der Waals surface area contributed by atoms with Crippen LogP contribution < -0.4 is 5.73 Å². The number of hydrogen-bond acceptors (Lipinski definition) is 3. The van der Waals surface area contributed by atoms with Gasteiger partial charge in [-0.3, -0.25) is 0 Å². The number of anilines is 1. The smallest absolute Gasteiger partial charge is 0.166 e. The third kappa shape index (κ3) is 1.62. The maximum absolute atomic E-state index is 8.50. The number of rotatable bonds is 0. The summed E-state index contributed by atoms with van der Waals surface area (Å²) < 4.78 is 0.592. The van der Waals surface area contributed by atoms with Gasteiger partial charge in [0.25, 0.3) is 0 Å². The number of halogens is 2. The summed E-state index contributed by atoms with van der Waals surface area (Å²) in [6, 6.07) is 3.37. The molecule has 0 aromatic carbocycles. The van der Waals surface area contributed by atoms with Crippen LogP contribution in [-0.2, 0) is 0 Å². The van der Waals surface area contributed by atoms with Gasteiger partial charge in [0.15, 0.2) is 5.69 Å². The minimum absolute atomic E-state index is 0.143. The van der Waals surface area contributed by atoms with Gasteiger partial charge < -0.3 is 5.73 Å². The molecule has 0 saturated carbocycles. The summed E-state index contributed by atoms with van der Waals surface area (Å²) in [6.45, 7) is 0. The number of nitrogens with two attached hydrogens (primary N) is 1. The third-order valence-corrected chi connectivity index (χ3v) is 1.93. The second-order valence-electron chi connectivity index (χ2n) is 1.80. The van der Waals surface area contributed by atoms with Crippen LogP contribution in [0.15, 0.2) is 10.5 Å². The molecule has 0 saturated heterocycles. The summed E-state index contributed by atoms with van der Waals surface area (Å²) in [7, 11) is 0. The normalized spacial score (nSPS) is 9.18. The van der Waals surface area contributed by atoms with Crippen molar-refractivity contribution in [3.8, 4) is 6.07 Å². The predicted octanol–water partition coefficient (Wildman–Crippen LogP) is 1.95. The molecule has 1 heterocycles. The zero-order chi connectivity index (χ0) is 8.43. The van der Waals surface area contributed by atoms with Crippen LogP contribution in [0, 0.1) is 11.3 Å². The quantitative estimate of drug-likeness (QED) is 0.696. The molecule has 0 radical (unpaired) electrons. The molecule has 3 nitrogen and oxygen atoms in total. The minimum atomic E-state index is 0.143. The van der Waals surface area contributed by atoms with E-state index in [1.807, 2.05) is 6.07 Å². The van der Waals surface area contributed by atoms with Crippen LogP contribution in [0.25, 0.3) is 0 Å². The van der Waals surface area contributed by atoms with Crippen LogP contribution in [0.5, 0.6) is 0 Å². The molecule has 1 aromatic rings. The highest BCUT2D eigenvalue weighted by Crippen LogP contribution is 2.24. The number of pyridine rings is 1. The Kier molecular flexibility index (Phi) is 2.32. The van der Waals surface area contributed by atoms with Crippen molar-refractivity contribution < 1.29 is 0 Å². The van der Waals surface area contributed by atoms with Crippen LogP contribution in [0.4, 0.5) is 5.69 Å². The molecule has 0 aliphatic heterocycles. The van der Waals surface area contributed by atoms with Crippen molar-refractivity contribution in [1.29, 1.82) is 5.26 Å². The molecule has 1 aromatic heterocycles. The van der Waals surface area contributed by atoms with Gasteiger partial charge >= 0.3 is 0 Å². The number of nitrogens with zero attached hydrogens (tertiary/aromatic N) is 2. The molecule has 56 valence electrons. The molecule has 0 aliphatic carbocycles. The van der Waals surface area contributed by atoms with Gasteiger partial charge in [-0.05, 0) is 22.0 Å². The van der Waals surface area contributed by atoms with Crippen molar-refractivity contribution >= 4 is 33.2 Å². The Bertz CT molecular complexity index is 331. The molecule has 0 spiro atoms. The molecule has 0 aliphatic rings. The van der Waals surface area contributed by atoms with Gasteiger partial charge in [0, 0.05) is 4.47 Å². The topological polar surface area (TPSA) is 62.7 Å². The van der Waals surface area contributed by atoms with Gasteiger partial charge in [-0.2, -0.15) is 5.26 Å². The van der Waals surface area contributed by atoms with E-state index in [4.69, 9.17) is 22.6 Å². The summed E-state index contributed by atoms with van der Waals surface area (Å²) in [5.41, 5.74) is 5.93. The van der Waals surface area contributed by atoms with Crippen molar-refractivity contribution in [2.24, 2.45) is 0 Å². The van der Waals surface area contributed by atoms with Gasteiger partial charge in [0.05, 0.1) is 5.69 Å². The fraction of sp³-hybridized carbons (Fsp3) is 0. The maximum atomic E-state index is 8.50. The van der Waals surface area contributed by atoms with Crippen LogP contribution in [0.2, 0.25) is 5.15 Å². The summed E-state index contributed by atoms with van der Waals surface area (Å²) in [5, 5.41) is 8.75. The fourth-order valence-corrected chi connectivity index (χ4v) is 1.31. The largest absolute Gasteiger partial charge is 0.395 e. The molecule has 0 atom stereocenters. The summed E-state index contributed by atoms with van der Waals surface area (Å²) in [4.78, 5) is 3.70. The van der Waals surface area contributed by atoms with Crippen molar-refractivity contribution in [2.75, 3.05) is 5.73 Å². The van der Waals surface area contributed by atoms with E-state index >= 15 is 0 Å². The summed E-state index contributed by atoms with van der Waals surface area (Å²) >= 11 is 8.69. The van der Waals surface area contributed by atoms with E-state index in [2.05, 4.69) is 20.9 Å². The van der Waals surface area contributed by atoms with E-state index in [0.29, 0.717) is 10.2 Å². The van der Waals surface area contributed by atoms with E-state index in [1.165, 1.54) is 6.07 Å². The van der Waals surface area contributed by atoms with Crippen LogP contribution in [-0.4, -0.2) is 4.98 Å². The van der Waals surface area contributed by atoms with E-state index in [9.17, 15) is 0 Å². The van der Waals surface area contributed by atoms with E-state index < -0.39 is 0 Å². The Hall–Kier alpha value is -0.790. The summed E-state index contributed by atoms with van der Waals surface area (Å²) in [5.74, 6) is 0. The predicted molar refractivity (Wildman–Crippen MR) is 46.1 cm³/mol. The number of nitriles is 1. The molecule has 5 heteroatoms. The Morgan fingerprint density at radius 1 is 1.73 bits per heavy atom. The van der Waals surface area contributed by atoms with Gasteiger partial charge in [0.2, 0.25) is 0 Å². The lowest BCUT2D eigenvalue weighted by Gasteiger charge is -1.98. The molecule has 2 N–H and O–H groups in total. The molecular weight excluding hydrogens is 229 g/mol. The number of hydrogen-bond donors (Lipinski definition) is 1. The molecule has 0 unspecified atom stereocenters. The highest BCUT2D eigenvalue weighted by atomic mass is 79.9. The second kappa shape index (κ2) is 3.07. The molecule has 1 rings (SSSR count). The zero-order valence-electron chi connectivity index (χ0n) is 5.31. The average Bonchev–Trinajstić information content (AvgIpc) is 1.96. The van der Waals surface area contributed by atoms with Gasteiger partial charge in [-0.1, -0.05) is 11.6 Å². The zero-order valence-corrected chi connectivity index (χ0v) is 7.65. The highest BCUT2D eigenvalue weighted by Gasteiger charge is 2.05. The third-order valence-electron chi connectivity index (χ3n) is 1.08. The first kappa shape index (κ1) is 8.31. The highest BCUT2D eigenvalue weighted by molar-refractivity contribution is 9.10. The van der Waals surface area contributed by atoms with E-state index in [-0.39, 0.29) is 10.8 Å².